The van der Waals surface area contributed by atoms with Crippen LogP contribution in [0.1, 0.15) is 19.5 Å². The molecule has 1 aromatic rings. The van der Waals surface area contributed by atoms with Crippen molar-refractivity contribution in [2.75, 3.05) is 23.9 Å². The van der Waals surface area contributed by atoms with Gasteiger partial charge in [0.15, 0.2) is 0 Å². The summed E-state index contributed by atoms with van der Waals surface area (Å²) in [6.07, 6.45) is 0. The Hall–Kier alpha value is -1.40. The monoisotopic (exact) mass is 225 g/mol. The molecule has 0 amide bonds. The SMILES string of the molecule is Cc1cc(N(C)CC(C)(C)O)nc(NN)n1. The molecule has 90 valence electrons. The van der Waals surface area contributed by atoms with Gasteiger partial charge in [0.1, 0.15) is 5.82 Å². The highest BCUT2D eigenvalue weighted by atomic mass is 16.3. The maximum Gasteiger partial charge on any atom is 0.239 e. The fraction of sp³-hybridized carbons (Fsp3) is 0.600. The maximum atomic E-state index is 9.72. The number of hydrogen-bond donors (Lipinski definition) is 3. The van der Waals surface area contributed by atoms with E-state index in [0.717, 1.165) is 11.5 Å². The van der Waals surface area contributed by atoms with E-state index in [-0.39, 0.29) is 0 Å². The third-order valence-electron chi connectivity index (χ3n) is 1.98. The molecule has 0 saturated carbocycles. The average Bonchev–Trinajstić information content (AvgIpc) is 2.14. The molecule has 4 N–H and O–H groups in total. The van der Waals surface area contributed by atoms with E-state index in [1.165, 1.54) is 0 Å². The van der Waals surface area contributed by atoms with Crippen LogP contribution in [0.5, 0.6) is 0 Å². The zero-order valence-electron chi connectivity index (χ0n) is 10.2. The fourth-order valence-electron chi connectivity index (χ4n) is 1.47. The molecule has 1 heterocycles. The highest BCUT2D eigenvalue weighted by Gasteiger charge is 2.17. The second-order valence-corrected chi connectivity index (χ2v) is 4.50. The Labute approximate surface area is 95.5 Å². The van der Waals surface area contributed by atoms with Gasteiger partial charge in [-0.3, -0.25) is 5.43 Å². The van der Waals surface area contributed by atoms with Crippen molar-refractivity contribution < 1.29 is 5.11 Å². The van der Waals surface area contributed by atoms with Crippen molar-refractivity contribution in [2.24, 2.45) is 5.84 Å². The molecule has 0 aromatic carbocycles. The summed E-state index contributed by atoms with van der Waals surface area (Å²) in [6.45, 7) is 5.84. The molecule has 0 atom stereocenters. The van der Waals surface area contributed by atoms with E-state index in [9.17, 15) is 5.11 Å². The Balaban J connectivity index is 2.90. The standard InChI is InChI=1S/C10H19N5O/c1-7-5-8(13-9(12-7)14-11)15(4)6-10(2,3)16/h5,16H,6,11H2,1-4H3,(H,12,13,14). The summed E-state index contributed by atoms with van der Waals surface area (Å²) in [4.78, 5) is 10.2. The van der Waals surface area contributed by atoms with Crippen LogP contribution in [0.25, 0.3) is 0 Å². The number of nitrogens with two attached hydrogens (primary N) is 1. The number of anilines is 2. The van der Waals surface area contributed by atoms with Crippen LogP contribution in [0.2, 0.25) is 0 Å². The van der Waals surface area contributed by atoms with Crippen LogP contribution in [0.15, 0.2) is 6.07 Å². The largest absolute Gasteiger partial charge is 0.389 e. The smallest absolute Gasteiger partial charge is 0.239 e. The summed E-state index contributed by atoms with van der Waals surface area (Å²) in [7, 11) is 1.86. The summed E-state index contributed by atoms with van der Waals surface area (Å²) in [5, 5.41) is 9.72. The molecule has 0 saturated heterocycles. The minimum atomic E-state index is -0.774. The van der Waals surface area contributed by atoms with Crippen molar-refractivity contribution in [3.63, 3.8) is 0 Å². The molecule has 6 heteroatoms. The summed E-state index contributed by atoms with van der Waals surface area (Å²) < 4.78 is 0. The quantitative estimate of drug-likeness (QED) is 0.504. The zero-order chi connectivity index (χ0) is 12.3. The van der Waals surface area contributed by atoms with E-state index in [1.54, 1.807) is 13.8 Å². The minimum absolute atomic E-state index is 0.373. The van der Waals surface area contributed by atoms with Gasteiger partial charge in [-0.05, 0) is 20.8 Å². The predicted octanol–water partition coefficient (Wildman–Crippen LogP) is 0.278. The van der Waals surface area contributed by atoms with E-state index >= 15 is 0 Å². The zero-order valence-corrected chi connectivity index (χ0v) is 10.2. The number of likely N-dealkylation sites (N-methyl/N-ethyl adjacent to an activating group) is 1. The van der Waals surface area contributed by atoms with E-state index < -0.39 is 5.60 Å². The molecule has 0 aliphatic rings. The van der Waals surface area contributed by atoms with Gasteiger partial charge in [-0.2, -0.15) is 4.98 Å². The first-order chi connectivity index (χ1) is 7.31. The van der Waals surface area contributed by atoms with Crippen LogP contribution < -0.4 is 16.2 Å². The Bertz CT molecular complexity index is 361. The topological polar surface area (TPSA) is 87.3 Å². The van der Waals surface area contributed by atoms with Crippen molar-refractivity contribution >= 4 is 11.8 Å². The highest BCUT2D eigenvalue weighted by molar-refractivity contribution is 5.43. The number of aryl methyl sites for hydroxylation is 1. The first-order valence-corrected chi connectivity index (χ1v) is 5.07. The predicted molar refractivity (Wildman–Crippen MR) is 64.1 cm³/mol. The van der Waals surface area contributed by atoms with E-state index in [4.69, 9.17) is 5.84 Å². The summed E-state index contributed by atoms with van der Waals surface area (Å²) in [5.74, 6) is 6.37. The molecule has 16 heavy (non-hydrogen) atoms. The molecule has 6 nitrogen and oxygen atoms in total. The van der Waals surface area contributed by atoms with Gasteiger partial charge < -0.3 is 10.0 Å². The number of nitrogen functional groups attached to an aromatic ring is 1. The number of aliphatic hydroxyl groups is 1. The first kappa shape index (κ1) is 12.7. The lowest BCUT2D eigenvalue weighted by Crippen LogP contribution is -2.36. The third-order valence-corrected chi connectivity index (χ3v) is 1.98. The Morgan fingerprint density at radius 2 is 2.12 bits per heavy atom. The van der Waals surface area contributed by atoms with E-state index in [0.29, 0.717) is 12.5 Å². The molecule has 0 aliphatic carbocycles. The summed E-state index contributed by atoms with van der Waals surface area (Å²) in [5.41, 5.74) is 2.46. The molecule has 0 bridgehead atoms. The normalized spacial score (nSPS) is 11.4. The van der Waals surface area contributed by atoms with Gasteiger partial charge >= 0.3 is 0 Å². The molecular formula is C10H19N5O. The van der Waals surface area contributed by atoms with Gasteiger partial charge in [-0.15, -0.1) is 0 Å². The van der Waals surface area contributed by atoms with Crippen LogP contribution in [0, 0.1) is 6.92 Å². The fourth-order valence-corrected chi connectivity index (χ4v) is 1.47. The maximum absolute atomic E-state index is 9.72. The molecule has 0 aliphatic heterocycles. The second-order valence-electron chi connectivity index (χ2n) is 4.50. The summed E-state index contributed by atoms with van der Waals surface area (Å²) >= 11 is 0. The third kappa shape index (κ3) is 3.63. The average molecular weight is 225 g/mol. The van der Waals surface area contributed by atoms with Gasteiger partial charge in [0.25, 0.3) is 0 Å². The van der Waals surface area contributed by atoms with Crippen molar-refractivity contribution in [3.05, 3.63) is 11.8 Å². The number of nitrogens with zero attached hydrogens (tertiary/aromatic N) is 3. The summed E-state index contributed by atoms with van der Waals surface area (Å²) in [6, 6.07) is 1.84. The second kappa shape index (κ2) is 4.63. The van der Waals surface area contributed by atoms with Crippen LogP contribution >= 0.6 is 0 Å². The van der Waals surface area contributed by atoms with Gasteiger partial charge in [0, 0.05) is 25.4 Å². The first-order valence-electron chi connectivity index (χ1n) is 5.07. The van der Waals surface area contributed by atoms with Gasteiger partial charge in [-0.25, -0.2) is 10.8 Å². The Morgan fingerprint density at radius 3 is 2.62 bits per heavy atom. The highest BCUT2D eigenvalue weighted by Crippen LogP contribution is 2.15. The number of rotatable bonds is 4. The lowest BCUT2D eigenvalue weighted by Gasteiger charge is -2.26. The van der Waals surface area contributed by atoms with Crippen molar-refractivity contribution in [1.29, 1.82) is 0 Å². The number of hydrazine groups is 1. The lowest BCUT2D eigenvalue weighted by atomic mass is 10.1. The van der Waals surface area contributed by atoms with E-state index in [1.807, 2.05) is 24.9 Å². The van der Waals surface area contributed by atoms with E-state index in [2.05, 4.69) is 15.4 Å². The minimum Gasteiger partial charge on any atom is -0.389 e. The number of hydrogen-bond acceptors (Lipinski definition) is 6. The molecule has 0 fully saturated rings. The Morgan fingerprint density at radius 1 is 1.50 bits per heavy atom. The van der Waals surface area contributed by atoms with Gasteiger partial charge in [-0.1, -0.05) is 0 Å². The van der Waals surface area contributed by atoms with Crippen LogP contribution in [-0.2, 0) is 0 Å². The molecule has 0 spiro atoms. The van der Waals surface area contributed by atoms with Crippen molar-refractivity contribution in [3.8, 4) is 0 Å². The number of nitrogens with one attached hydrogen (secondary N) is 1. The van der Waals surface area contributed by atoms with Gasteiger partial charge in [0.2, 0.25) is 5.95 Å². The molecular weight excluding hydrogens is 206 g/mol. The van der Waals surface area contributed by atoms with Crippen LogP contribution in [-0.4, -0.2) is 34.3 Å². The van der Waals surface area contributed by atoms with Gasteiger partial charge in [0.05, 0.1) is 5.60 Å². The molecule has 0 unspecified atom stereocenters. The Kier molecular flexibility index (Phi) is 3.66. The lowest BCUT2D eigenvalue weighted by molar-refractivity contribution is 0.0884. The number of aromatic nitrogens is 2. The van der Waals surface area contributed by atoms with Crippen LogP contribution in [0.3, 0.4) is 0 Å². The van der Waals surface area contributed by atoms with Crippen LogP contribution in [0.4, 0.5) is 11.8 Å². The molecule has 1 rings (SSSR count). The molecule has 1 aromatic heterocycles. The molecule has 0 radical (unpaired) electrons. The van der Waals surface area contributed by atoms with Crippen molar-refractivity contribution in [2.45, 2.75) is 26.4 Å². The van der Waals surface area contributed by atoms with Crippen molar-refractivity contribution in [1.82, 2.24) is 9.97 Å².